The fourth-order valence-electron chi connectivity index (χ4n) is 1.38. The molecule has 0 bridgehead atoms. The number of carboxylic acid groups (broad SMARTS) is 1. The number of carbonyl (C=O) groups excluding carboxylic acids is 1. The predicted molar refractivity (Wildman–Crippen MR) is 45.3 cm³/mol. The number of nitrogens with zero attached hydrogens (tertiary/aromatic N) is 2. The molecule has 4 nitrogen and oxygen atoms in total. The van der Waals surface area contributed by atoms with Crippen molar-refractivity contribution in [3.05, 3.63) is 30.1 Å². The molecule has 0 aliphatic carbocycles. The number of benzene rings is 1. The molecule has 2 aromatic rings. The molecule has 0 saturated carbocycles. The third-order valence-electron chi connectivity index (χ3n) is 1.91. The summed E-state index contributed by atoms with van der Waals surface area (Å²) in [4.78, 5) is 14.8. The van der Waals surface area contributed by atoms with Crippen LogP contribution in [0.25, 0.3) is 11.0 Å². The molecule has 0 atom stereocenters. The fourth-order valence-corrected chi connectivity index (χ4v) is 1.38. The second-order valence-corrected chi connectivity index (χ2v) is 2.75. The molecular formula is C9H7LiN2O2. The molecule has 0 amide bonds. The van der Waals surface area contributed by atoms with Gasteiger partial charge in [-0.05, 0) is 19.1 Å². The Morgan fingerprint density at radius 1 is 1.43 bits per heavy atom. The third kappa shape index (κ3) is 1.54. The van der Waals surface area contributed by atoms with Crippen molar-refractivity contribution in [1.82, 2.24) is 9.55 Å². The van der Waals surface area contributed by atoms with Gasteiger partial charge in [-0.15, -0.1) is 0 Å². The summed E-state index contributed by atoms with van der Waals surface area (Å²) >= 11 is 0. The normalized spacial score (nSPS) is 9.79. The molecule has 14 heavy (non-hydrogen) atoms. The minimum Gasteiger partial charge on any atom is -0.529 e. The van der Waals surface area contributed by atoms with Gasteiger partial charge < -0.3 is 9.90 Å². The Balaban J connectivity index is 0.000000980. The van der Waals surface area contributed by atoms with E-state index in [-0.39, 0.29) is 18.9 Å². The first-order valence-corrected chi connectivity index (χ1v) is 3.85. The van der Waals surface area contributed by atoms with Crippen LogP contribution in [0.4, 0.5) is 4.79 Å². The number of fused-ring (bicyclic) bond motifs is 1. The zero-order chi connectivity index (χ0) is 9.42. The summed E-state index contributed by atoms with van der Waals surface area (Å²) in [6.45, 7) is 1.63. The van der Waals surface area contributed by atoms with Crippen molar-refractivity contribution >= 4 is 17.1 Å². The van der Waals surface area contributed by atoms with Gasteiger partial charge in [0.1, 0.15) is 11.9 Å². The summed E-state index contributed by atoms with van der Waals surface area (Å²) < 4.78 is 1.06. The standard InChI is InChI=1S/C9H8N2O2.Li/c1-6-10-7-4-2-3-5-8(7)11(6)9(12)13;/h2-5H,1H3,(H,12,13);/q;+1/p-1. The first-order chi connectivity index (χ1) is 6.20. The van der Waals surface area contributed by atoms with E-state index in [4.69, 9.17) is 0 Å². The van der Waals surface area contributed by atoms with Gasteiger partial charge in [0, 0.05) is 0 Å². The molecule has 0 radical (unpaired) electrons. The van der Waals surface area contributed by atoms with Gasteiger partial charge in [-0.2, -0.15) is 0 Å². The number of para-hydroxylation sites is 2. The molecule has 0 aliphatic rings. The molecule has 0 spiro atoms. The van der Waals surface area contributed by atoms with Crippen LogP contribution in [-0.2, 0) is 0 Å². The average Bonchev–Trinajstić information content (AvgIpc) is 2.39. The van der Waals surface area contributed by atoms with Crippen molar-refractivity contribution in [1.29, 1.82) is 0 Å². The van der Waals surface area contributed by atoms with Crippen molar-refractivity contribution in [2.75, 3.05) is 0 Å². The Bertz CT molecular complexity index is 479. The van der Waals surface area contributed by atoms with E-state index in [1.807, 2.05) is 6.07 Å². The number of aromatic nitrogens is 2. The Hall–Kier alpha value is -1.24. The van der Waals surface area contributed by atoms with Crippen molar-refractivity contribution < 1.29 is 28.8 Å². The van der Waals surface area contributed by atoms with Crippen LogP contribution < -0.4 is 24.0 Å². The predicted octanol–water partition coefficient (Wildman–Crippen LogP) is -2.46. The minimum atomic E-state index is -1.24. The van der Waals surface area contributed by atoms with E-state index in [0.717, 1.165) is 4.57 Å². The Morgan fingerprint density at radius 2 is 2.07 bits per heavy atom. The van der Waals surface area contributed by atoms with Gasteiger partial charge >= 0.3 is 18.9 Å². The zero-order valence-electron chi connectivity index (χ0n) is 8.02. The van der Waals surface area contributed by atoms with Gasteiger partial charge in [0.2, 0.25) is 0 Å². The van der Waals surface area contributed by atoms with Gasteiger partial charge in [0.15, 0.2) is 0 Å². The molecule has 1 heterocycles. The first-order valence-electron chi connectivity index (χ1n) is 3.85. The van der Waals surface area contributed by atoms with Gasteiger partial charge in [-0.3, -0.25) is 4.57 Å². The first kappa shape index (κ1) is 10.8. The average molecular weight is 182 g/mol. The Morgan fingerprint density at radius 3 is 2.71 bits per heavy atom. The molecular weight excluding hydrogens is 175 g/mol. The van der Waals surface area contributed by atoms with E-state index < -0.39 is 6.09 Å². The van der Waals surface area contributed by atoms with Crippen molar-refractivity contribution in [3.63, 3.8) is 0 Å². The molecule has 66 valence electrons. The maximum Gasteiger partial charge on any atom is 1.00 e. The van der Waals surface area contributed by atoms with E-state index in [9.17, 15) is 9.90 Å². The Kier molecular flexibility index (Phi) is 2.99. The van der Waals surface area contributed by atoms with Gasteiger partial charge in [0.25, 0.3) is 0 Å². The summed E-state index contributed by atoms with van der Waals surface area (Å²) in [5.74, 6) is 0.432. The molecule has 0 fully saturated rings. The molecule has 0 N–H and O–H groups in total. The number of hydrogen-bond acceptors (Lipinski definition) is 3. The molecule has 0 unspecified atom stereocenters. The fraction of sp³-hybridized carbons (Fsp3) is 0.111. The van der Waals surface area contributed by atoms with Crippen LogP contribution in [-0.4, -0.2) is 15.6 Å². The van der Waals surface area contributed by atoms with Gasteiger partial charge in [-0.1, -0.05) is 12.1 Å². The molecule has 1 aromatic carbocycles. The smallest absolute Gasteiger partial charge is 0.529 e. The van der Waals surface area contributed by atoms with Gasteiger partial charge in [0.05, 0.1) is 11.0 Å². The maximum atomic E-state index is 10.7. The largest absolute Gasteiger partial charge is 1.00 e. The van der Waals surface area contributed by atoms with Crippen LogP contribution in [0.1, 0.15) is 5.82 Å². The van der Waals surface area contributed by atoms with Gasteiger partial charge in [-0.25, -0.2) is 4.98 Å². The summed E-state index contributed by atoms with van der Waals surface area (Å²) in [6.07, 6.45) is -1.24. The van der Waals surface area contributed by atoms with E-state index in [2.05, 4.69) is 4.98 Å². The number of rotatable bonds is 0. The maximum absolute atomic E-state index is 10.7. The second-order valence-electron chi connectivity index (χ2n) is 2.75. The SMILES string of the molecule is Cc1nc2ccccc2n1C(=O)[O-].[Li+]. The van der Waals surface area contributed by atoms with Crippen molar-refractivity contribution in [2.45, 2.75) is 6.92 Å². The van der Waals surface area contributed by atoms with Crippen LogP contribution in [0, 0.1) is 6.92 Å². The second kappa shape index (κ2) is 3.87. The summed E-state index contributed by atoms with van der Waals surface area (Å²) in [5.41, 5.74) is 1.24. The number of aryl methyl sites for hydroxylation is 1. The van der Waals surface area contributed by atoms with Crippen molar-refractivity contribution in [3.8, 4) is 0 Å². The van der Waals surface area contributed by atoms with Crippen LogP contribution in [0.3, 0.4) is 0 Å². The number of imidazole rings is 1. The molecule has 1 aromatic heterocycles. The van der Waals surface area contributed by atoms with Crippen LogP contribution in [0.5, 0.6) is 0 Å². The number of hydrogen-bond donors (Lipinski definition) is 0. The molecule has 2 rings (SSSR count). The third-order valence-corrected chi connectivity index (χ3v) is 1.91. The van der Waals surface area contributed by atoms with E-state index in [1.165, 1.54) is 0 Å². The molecule has 0 saturated heterocycles. The van der Waals surface area contributed by atoms with Crippen LogP contribution in [0.2, 0.25) is 0 Å². The Labute approximate surface area is 92.7 Å². The van der Waals surface area contributed by atoms with Crippen LogP contribution in [0.15, 0.2) is 24.3 Å². The topological polar surface area (TPSA) is 58.0 Å². The van der Waals surface area contributed by atoms with Crippen LogP contribution >= 0.6 is 0 Å². The quantitative estimate of drug-likeness (QED) is 0.424. The van der Waals surface area contributed by atoms with Crippen molar-refractivity contribution in [2.24, 2.45) is 0 Å². The van der Waals surface area contributed by atoms with E-state index in [0.29, 0.717) is 16.9 Å². The zero-order valence-corrected chi connectivity index (χ0v) is 8.02. The molecule has 5 heteroatoms. The summed E-state index contributed by atoms with van der Waals surface area (Å²) in [7, 11) is 0. The number of carbonyl (C=O) groups is 1. The van der Waals surface area contributed by atoms with E-state index >= 15 is 0 Å². The molecule has 0 aliphatic heterocycles. The summed E-state index contributed by atoms with van der Waals surface area (Å²) in [5, 5.41) is 10.7. The van der Waals surface area contributed by atoms with E-state index in [1.54, 1.807) is 25.1 Å². The minimum absolute atomic E-state index is 0. The summed E-state index contributed by atoms with van der Waals surface area (Å²) in [6, 6.07) is 7.05. The monoisotopic (exact) mass is 182 g/mol.